The first-order valence-electron chi connectivity index (χ1n) is 6.62. The van der Waals surface area contributed by atoms with Crippen LogP contribution in [-0.4, -0.2) is 42.0 Å². The second kappa shape index (κ2) is 5.17. The van der Waals surface area contributed by atoms with E-state index < -0.39 is 0 Å². The van der Waals surface area contributed by atoms with Gasteiger partial charge in [-0.1, -0.05) is 0 Å². The molecule has 5 nitrogen and oxygen atoms in total. The lowest BCUT2D eigenvalue weighted by Crippen LogP contribution is -2.55. The molecule has 1 saturated heterocycles. The molecule has 2 atom stereocenters. The highest BCUT2D eigenvalue weighted by molar-refractivity contribution is 5.56. The number of hydrogen-bond acceptors (Lipinski definition) is 4. The van der Waals surface area contributed by atoms with E-state index in [4.69, 9.17) is 0 Å². The molecule has 0 saturated carbocycles. The van der Waals surface area contributed by atoms with Gasteiger partial charge in [-0.3, -0.25) is 15.0 Å². The molecule has 0 aromatic heterocycles. The standard InChI is InChI=1S/C14H21N3O2/c1-10-7-13(5-6-14(10)17(18)19)16-9-11(2)15(4)8-12(16)3/h5-7,11-12H,8-9H2,1-4H3/t11-,12+/m1/s1. The van der Waals surface area contributed by atoms with Crippen LogP contribution in [-0.2, 0) is 0 Å². The lowest BCUT2D eigenvalue weighted by molar-refractivity contribution is -0.385. The van der Waals surface area contributed by atoms with Crippen molar-refractivity contribution in [1.82, 2.24) is 4.90 Å². The summed E-state index contributed by atoms with van der Waals surface area (Å²) < 4.78 is 0. The fourth-order valence-corrected chi connectivity index (χ4v) is 2.68. The van der Waals surface area contributed by atoms with E-state index in [1.165, 1.54) is 0 Å². The average Bonchev–Trinajstić information content (AvgIpc) is 2.33. The van der Waals surface area contributed by atoms with Gasteiger partial charge in [-0.15, -0.1) is 0 Å². The van der Waals surface area contributed by atoms with E-state index in [-0.39, 0.29) is 10.6 Å². The summed E-state index contributed by atoms with van der Waals surface area (Å²) in [5.41, 5.74) is 2.00. The maximum Gasteiger partial charge on any atom is 0.272 e. The Kier molecular flexibility index (Phi) is 3.75. The number of anilines is 1. The number of nitrogens with zero attached hydrogens (tertiary/aromatic N) is 3. The van der Waals surface area contributed by atoms with Crippen molar-refractivity contribution in [2.45, 2.75) is 32.9 Å². The molecule has 1 fully saturated rings. The number of hydrogen-bond donors (Lipinski definition) is 0. The van der Waals surface area contributed by atoms with Gasteiger partial charge in [0.2, 0.25) is 0 Å². The Morgan fingerprint density at radius 3 is 2.53 bits per heavy atom. The molecule has 2 rings (SSSR count). The van der Waals surface area contributed by atoms with Crippen molar-refractivity contribution in [3.05, 3.63) is 33.9 Å². The summed E-state index contributed by atoms with van der Waals surface area (Å²) in [4.78, 5) is 15.2. The van der Waals surface area contributed by atoms with Crippen LogP contribution in [0.1, 0.15) is 19.4 Å². The van der Waals surface area contributed by atoms with Gasteiger partial charge in [0.05, 0.1) is 4.92 Å². The van der Waals surface area contributed by atoms with Crippen molar-refractivity contribution in [3.8, 4) is 0 Å². The summed E-state index contributed by atoms with van der Waals surface area (Å²) in [6.45, 7) is 8.16. The maximum absolute atomic E-state index is 10.9. The van der Waals surface area contributed by atoms with Gasteiger partial charge in [0.25, 0.3) is 5.69 Å². The molecule has 0 N–H and O–H groups in total. The van der Waals surface area contributed by atoms with Gasteiger partial charge in [0.1, 0.15) is 0 Å². The molecule has 0 spiro atoms. The highest BCUT2D eigenvalue weighted by Crippen LogP contribution is 2.27. The number of aryl methyl sites for hydroxylation is 1. The van der Waals surface area contributed by atoms with Crippen molar-refractivity contribution >= 4 is 11.4 Å². The number of piperazine rings is 1. The predicted molar refractivity (Wildman–Crippen MR) is 76.7 cm³/mol. The van der Waals surface area contributed by atoms with Crippen molar-refractivity contribution in [2.24, 2.45) is 0 Å². The normalized spacial score (nSPS) is 24.5. The molecule has 0 aliphatic carbocycles. The van der Waals surface area contributed by atoms with Gasteiger partial charge >= 0.3 is 0 Å². The van der Waals surface area contributed by atoms with Crippen LogP contribution in [0.5, 0.6) is 0 Å². The van der Waals surface area contributed by atoms with Crippen LogP contribution in [0.4, 0.5) is 11.4 Å². The largest absolute Gasteiger partial charge is 0.366 e. The minimum Gasteiger partial charge on any atom is -0.366 e. The van der Waals surface area contributed by atoms with Crippen LogP contribution < -0.4 is 4.90 Å². The topological polar surface area (TPSA) is 49.6 Å². The molecule has 1 heterocycles. The van der Waals surface area contributed by atoms with Gasteiger partial charge < -0.3 is 4.90 Å². The molecular formula is C14H21N3O2. The third-order valence-electron chi connectivity index (χ3n) is 4.01. The summed E-state index contributed by atoms with van der Waals surface area (Å²) in [5.74, 6) is 0. The van der Waals surface area contributed by atoms with Crippen LogP contribution in [0, 0.1) is 17.0 Å². The van der Waals surface area contributed by atoms with E-state index in [1.807, 2.05) is 12.1 Å². The van der Waals surface area contributed by atoms with E-state index in [0.29, 0.717) is 12.1 Å². The lowest BCUT2D eigenvalue weighted by atomic mass is 10.1. The Morgan fingerprint density at radius 1 is 1.26 bits per heavy atom. The smallest absolute Gasteiger partial charge is 0.272 e. The summed E-state index contributed by atoms with van der Waals surface area (Å²) in [6, 6.07) is 6.31. The van der Waals surface area contributed by atoms with E-state index in [1.54, 1.807) is 13.0 Å². The first-order chi connectivity index (χ1) is 8.90. The zero-order chi connectivity index (χ0) is 14.2. The average molecular weight is 263 g/mol. The van der Waals surface area contributed by atoms with Crippen molar-refractivity contribution < 1.29 is 4.92 Å². The molecular weight excluding hydrogens is 242 g/mol. The van der Waals surface area contributed by atoms with Gasteiger partial charge in [-0.25, -0.2) is 0 Å². The van der Waals surface area contributed by atoms with E-state index in [0.717, 1.165) is 24.3 Å². The van der Waals surface area contributed by atoms with E-state index >= 15 is 0 Å². The van der Waals surface area contributed by atoms with Crippen LogP contribution in [0.3, 0.4) is 0 Å². The number of benzene rings is 1. The SMILES string of the molecule is Cc1cc(N2C[C@@H](C)N(C)C[C@@H]2C)ccc1[N+](=O)[O-]. The Labute approximate surface area is 114 Å². The minimum absolute atomic E-state index is 0.193. The minimum atomic E-state index is -0.324. The summed E-state index contributed by atoms with van der Waals surface area (Å²) >= 11 is 0. The van der Waals surface area contributed by atoms with Crippen LogP contribution in [0.15, 0.2) is 18.2 Å². The summed E-state index contributed by atoms with van der Waals surface area (Å²) in [6.07, 6.45) is 0. The molecule has 1 aliphatic heterocycles. The van der Waals surface area contributed by atoms with Crippen molar-refractivity contribution in [1.29, 1.82) is 0 Å². The van der Waals surface area contributed by atoms with Gasteiger partial charge in [-0.05, 0) is 40.0 Å². The summed E-state index contributed by atoms with van der Waals surface area (Å²) in [7, 11) is 2.14. The van der Waals surface area contributed by atoms with Crippen LogP contribution in [0.25, 0.3) is 0 Å². The highest BCUT2D eigenvalue weighted by Gasteiger charge is 2.27. The Balaban J connectivity index is 2.27. The first-order valence-corrected chi connectivity index (χ1v) is 6.62. The fraction of sp³-hybridized carbons (Fsp3) is 0.571. The predicted octanol–water partition coefficient (Wildman–Crippen LogP) is 2.43. The Hall–Kier alpha value is -1.62. The molecule has 104 valence electrons. The number of nitro benzene ring substituents is 1. The molecule has 1 aromatic rings. The zero-order valence-corrected chi connectivity index (χ0v) is 12.0. The monoisotopic (exact) mass is 263 g/mol. The quantitative estimate of drug-likeness (QED) is 0.607. The van der Waals surface area contributed by atoms with Gasteiger partial charge in [-0.2, -0.15) is 0 Å². The number of likely N-dealkylation sites (N-methyl/N-ethyl adjacent to an activating group) is 1. The molecule has 1 aliphatic rings. The van der Waals surface area contributed by atoms with Gasteiger partial charge in [0.15, 0.2) is 0 Å². The van der Waals surface area contributed by atoms with E-state index in [2.05, 4.69) is 30.7 Å². The second-order valence-corrected chi connectivity index (χ2v) is 5.52. The number of rotatable bonds is 2. The molecule has 19 heavy (non-hydrogen) atoms. The van der Waals surface area contributed by atoms with Crippen molar-refractivity contribution in [2.75, 3.05) is 25.0 Å². The Morgan fingerprint density at radius 2 is 1.95 bits per heavy atom. The molecule has 0 amide bonds. The fourth-order valence-electron chi connectivity index (χ4n) is 2.68. The molecule has 0 unspecified atom stereocenters. The van der Waals surface area contributed by atoms with Crippen LogP contribution >= 0.6 is 0 Å². The Bertz CT molecular complexity index is 490. The zero-order valence-electron chi connectivity index (χ0n) is 12.0. The first kappa shape index (κ1) is 13.8. The second-order valence-electron chi connectivity index (χ2n) is 5.52. The summed E-state index contributed by atoms with van der Waals surface area (Å²) in [5, 5.41) is 10.9. The third kappa shape index (κ3) is 2.71. The lowest BCUT2D eigenvalue weighted by Gasteiger charge is -2.43. The number of nitro groups is 1. The van der Waals surface area contributed by atoms with Crippen LogP contribution in [0.2, 0.25) is 0 Å². The van der Waals surface area contributed by atoms with E-state index in [9.17, 15) is 10.1 Å². The van der Waals surface area contributed by atoms with Gasteiger partial charge in [0, 0.05) is 42.5 Å². The highest BCUT2D eigenvalue weighted by atomic mass is 16.6. The molecule has 5 heteroatoms. The molecule has 0 radical (unpaired) electrons. The molecule has 0 bridgehead atoms. The third-order valence-corrected chi connectivity index (χ3v) is 4.01. The van der Waals surface area contributed by atoms with Crippen molar-refractivity contribution in [3.63, 3.8) is 0 Å². The maximum atomic E-state index is 10.9. The molecule has 1 aromatic carbocycles.